The molecule has 10 heteroatoms. The quantitative estimate of drug-likeness (QED) is 0.212. The molecule has 0 fully saturated rings. The van der Waals surface area contributed by atoms with E-state index < -0.39 is 8.67 Å². The summed E-state index contributed by atoms with van der Waals surface area (Å²) in [5.41, 5.74) is 0.371. The molecular weight excluding hydrogens is 487 g/mol. The number of rotatable bonds is 1. The van der Waals surface area contributed by atoms with Gasteiger partial charge >= 0.3 is 0 Å². The molecule has 1 aromatic carbocycles. The van der Waals surface area contributed by atoms with Crippen LogP contribution in [0.2, 0.25) is 20.1 Å². The van der Waals surface area contributed by atoms with E-state index in [9.17, 15) is 0 Å². The van der Waals surface area contributed by atoms with Gasteiger partial charge in [-0.1, -0.05) is 104 Å². The molecule has 116 valence electrons. The monoisotopic (exact) mass is 484 g/mol. The first-order chi connectivity index (χ1) is 9.49. The molecule has 0 unspecified atom stereocenters. The van der Waals surface area contributed by atoms with E-state index in [1.54, 1.807) is 0 Å². The molecule has 1 aromatic rings. The minimum atomic E-state index is -1.76. The Balaban J connectivity index is 3.04. The van der Waals surface area contributed by atoms with Crippen LogP contribution in [0.5, 0.6) is 0 Å². The summed E-state index contributed by atoms with van der Waals surface area (Å²) in [7, 11) is 0. The fourth-order valence-corrected chi connectivity index (χ4v) is 5.53. The summed E-state index contributed by atoms with van der Waals surface area (Å²) >= 11 is 61.8. The second-order valence-corrected chi connectivity index (χ2v) is 8.89. The van der Waals surface area contributed by atoms with Gasteiger partial charge in [0.1, 0.15) is 0 Å². The SMILES string of the molecule is ClCC1=C(Cl)C(Cl)(Cl)c2c(Cl)c(Cl)c(Cl)c(Cl)c2C1(Cl)Cl. The first-order valence-electron chi connectivity index (χ1n) is 5.07. The lowest BCUT2D eigenvalue weighted by Crippen LogP contribution is -2.32. The summed E-state index contributed by atoms with van der Waals surface area (Å²) in [6, 6.07) is 0. The summed E-state index contributed by atoms with van der Waals surface area (Å²) in [6.45, 7) is 0. The Morgan fingerprint density at radius 3 is 1.38 bits per heavy atom. The zero-order valence-electron chi connectivity index (χ0n) is 9.49. The maximum absolute atomic E-state index is 6.37. The van der Waals surface area contributed by atoms with Crippen LogP contribution in [0, 0.1) is 0 Å². The molecule has 0 saturated carbocycles. The van der Waals surface area contributed by atoms with E-state index in [4.69, 9.17) is 116 Å². The normalized spacial score (nSPS) is 19.7. The third kappa shape index (κ3) is 2.76. The van der Waals surface area contributed by atoms with Gasteiger partial charge in [0.05, 0.1) is 25.1 Å². The van der Waals surface area contributed by atoms with E-state index in [0.717, 1.165) is 0 Å². The standard InChI is InChI=1S/C11H2Cl10/c12-1-2-9(17)11(20,21)4-3(10(2,18)19)5(13)7(15)8(16)6(4)14/h1H2. The Labute approximate surface area is 171 Å². The molecule has 21 heavy (non-hydrogen) atoms. The molecule has 0 saturated heterocycles. The number of fused-ring (bicyclic) bond motifs is 1. The molecule has 0 heterocycles. The molecule has 0 radical (unpaired) electrons. The first-order valence-corrected chi connectivity index (χ1v) is 9.01. The summed E-state index contributed by atoms with van der Waals surface area (Å²) in [5.74, 6) is -0.124. The highest BCUT2D eigenvalue weighted by molar-refractivity contribution is 6.62. The van der Waals surface area contributed by atoms with Gasteiger partial charge in [-0.15, -0.1) is 11.6 Å². The van der Waals surface area contributed by atoms with Crippen LogP contribution in [0.1, 0.15) is 11.1 Å². The van der Waals surface area contributed by atoms with Crippen molar-refractivity contribution in [3.63, 3.8) is 0 Å². The molecule has 0 aliphatic heterocycles. The molecule has 2 rings (SSSR count). The third-order valence-corrected chi connectivity index (χ3v) is 7.31. The van der Waals surface area contributed by atoms with E-state index in [1.807, 2.05) is 0 Å². The topological polar surface area (TPSA) is 0 Å². The predicted octanol–water partition coefficient (Wildman–Crippen LogP) is 8.31. The second kappa shape index (κ2) is 6.30. The lowest BCUT2D eigenvalue weighted by Gasteiger charge is -2.38. The van der Waals surface area contributed by atoms with Crippen molar-refractivity contribution in [1.29, 1.82) is 0 Å². The third-order valence-electron chi connectivity index (χ3n) is 2.95. The number of alkyl halides is 5. The van der Waals surface area contributed by atoms with Crippen LogP contribution in [0.25, 0.3) is 0 Å². The van der Waals surface area contributed by atoms with Crippen LogP contribution >= 0.6 is 116 Å². The van der Waals surface area contributed by atoms with Crippen LogP contribution < -0.4 is 0 Å². The average molecular weight is 489 g/mol. The van der Waals surface area contributed by atoms with Gasteiger partial charge < -0.3 is 0 Å². The van der Waals surface area contributed by atoms with Crippen LogP contribution in [-0.2, 0) is 8.67 Å². The van der Waals surface area contributed by atoms with Gasteiger partial charge in [-0.3, -0.25) is 0 Å². The molecule has 1 aliphatic rings. The van der Waals surface area contributed by atoms with Gasteiger partial charge in [-0.25, -0.2) is 0 Å². The van der Waals surface area contributed by atoms with Gasteiger partial charge in [-0.05, 0) is 0 Å². The Morgan fingerprint density at radius 2 is 1.00 bits per heavy atom. The van der Waals surface area contributed by atoms with Crippen LogP contribution in [-0.4, -0.2) is 5.88 Å². The van der Waals surface area contributed by atoms with Crippen molar-refractivity contribution >= 4 is 116 Å². The highest BCUT2D eigenvalue weighted by Gasteiger charge is 2.52. The number of allylic oxidation sites excluding steroid dienone is 2. The Morgan fingerprint density at radius 1 is 0.619 bits per heavy atom. The Hall–Kier alpha value is 1.86. The average Bonchev–Trinajstić information content (AvgIpc) is 2.38. The maximum Gasteiger partial charge on any atom is 0.180 e. The van der Waals surface area contributed by atoms with Crippen molar-refractivity contribution in [1.82, 2.24) is 0 Å². The molecule has 0 aromatic heterocycles. The highest BCUT2D eigenvalue weighted by Crippen LogP contribution is 2.63. The Kier molecular flexibility index (Phi) is 5.76. The van der Waals surface area contributed by atoms with Crippen LogP contribution in [0.4, 0.5) is 0 Å². The van der Waals surface area contributed by atoms with Crippen molar-refractivity contribution in [3.05, 3.63) is 41.8 Å². The van der Waals surface area contributed by atoms with Crippen LogP contribution in [0.15, 0.2) is 10.6 Å². The fraction of sp³-hybridized carbons (Fsp3) is 0.273. The highest BCUT2D eigenvalue weighted by atomic mass is 35.5. The summed E-state index contributed by atoms with van der Waals surface area (Å²) < 4.78 is -3.46. The zero-order valence-corrected chi connectivity index (χ0v) is 17.0. The molecule has 0 N–H and O–H groups in total. The number of hydrogen-bond donors (Lipinski definition) is 0. The minimum Gasteiger partial charge on any atom is -0.122 e. The molecule has 1 aliphatic carbocycles. The van der Waals surface area contributed by atoms with Gasteiger partial charge in [0.25, 0.3) is 0 Å². The number of halogens is 10. The van der Waals surface area contributed by atoms with Crippen molar-refractivity contribution in [2.75, 3.05) is 5.88 Å². The van der Waals surface area contributed by atoms with E-state index in [-0.39, 0.29) is 47.7 Å². The number of hydrogen-bond acceptors (Lipinski definition) is 0. The fourth-order valence-electron chi connectivity index (χ4n) is 1.95. The summed E-state index contributed by atoms with van der Waals surface area (Å²) in [4.78, 5) is 0. The van der Waals surface area contributed by atoms with E-state index >= 15 is 0 Å². The Bertz CT molecular complexity index is 658. The van der Waals surface area contributed by atoms with E-state index in [1.165, 1.54) is 0 Å². The van der Waals surface area contributed by atoms with Crippen molar-refractivity contribution in [2.45, 2.75) is 8.67 Å². The number of benzene rings is 1. The molecule has 0 atom stereocenters. The van der Waals surface area contributed by atoms with E-state index in [2.05, 4.69) is 0 Å². The van der Waals surface area contributed by atoms with Gasteiger partial charge in [0.15, 0.2) is 8.67 Å². The van der Waals surface area contributed by atoms with Crippen molar-refractivity contribution in [2.24, 2.45) is 0 Å². The maximum atomic E-state index is 6.37. The van der Waals surface area contributed by atoms with Gasteiger partial charge in [0, 0.05) is 22.6 Å². The zero-order chi connectivity index (χ0) is 16.3. The van der Waals surface area contributed by atoms with Crippen molar-refractivity contribution in [3.8, 4) is 0 Å². The molecule has 0 bridgehead atoms. The van der Waals surface area contributed by atoms with E-state index in [0.29, 0.717) is 0 Å². The molecule has 0 spiro atoms. The lowest BCUT2D eigenvalue weighted by atomic mass is 9.90. The van der Waals surface area contributed by atoms with Crippen LogP contribution in [0.3, 0.4) is 0 Å². The smallest absolute Gasteiger partial charge is 0.122 e. The minimum absolute atomic E-state index is 0.0242. The largest absolute Gasteiger partial charge is 0.180 e. The molecular formula is C11H2Cl10. The lowest BCUT2D eigenvalue weighted by molar-refractivity contribution is 0.863. The first kappa shape index (κ1) is 19.2. The molecule has 0 amide bonds. The van der Waals surface area contributed by atoms with Crippen molar-refractivity contribution < 1.29 is 0 Å². The van der Waals surface area contributed by atoms with Gasteiger partial charge in [0.2, 0.25) is 0 Å². The summed E-state index contributed by atoms with van der Waals surface area (Å²) in [6.07, 6.45) is 0. The van der Waals surface area contributed by atoms with Gasteiger partial charge in [-0.2, -0.15) is 0 Å². The predicted molar refractivity (Wildman–Crippen MR) is 96.8 cm³/mol. The summed E-state index contributed by atoms with van der Waals surface area (Å²) in [5, 5.41) is -0.179. The molecule has 0 nitrogen and oxygen atoms in total. The second-order valence-electron chi connectivity index (χ2n) is 4.08.